The maximum absolute atomic E-state index is 13.3. The highest BCUT2D eigenvalue weighted by Gasteiger charge is 2.60. The minimum Gasteiger partial charge on any atom is -0.467 e. The molecule has 33 heavy (non-hydrogen) atoms. The van der Waals surface area contributed by atoms with Crippen LogP contribution in [0.5, 0.6) is 0 Å². The normalized spacial score (nSPS) is 40.5. The van der Waals surface area contributed by atoms with Crippen molar-refractivity contribution in [2.75, 3.05) is 14.2 Å². The van der Waals surface area contributed by atoms with Gasteiger partial charge in [0.1, 0.15) is 11.9 Å². The lowest BCUT2D eigenvalue weighted by Gasteiger charge is -2.58. The standard InChI is InChI=1S/C27H40O6/c1-16(28)33-18-10-12-26(2)17(14-18)6-7-19-20-8-9-22(27(20,3)13-11-21(19)26)23(29)15-24(31-4)25(30)32-5/h6,18-22,24H,7-15H2,1-5H3/t18-,19-,20-,21-,22+,24?,26-,27-/m0/s1. The Balaban J connectivity index is 1.50. The number of hydrogen-bond acceptors (Lipinski definition) is 6. The first-order valence-electron chi connectivity index (χ1n) is 12.6. The molecule has 6 nitrogen and oxygen atoms in total. The highest BCUT2D eigenvalue weighted by molar-refractivity contribution is 5.88. The number of carbonyl (C=O) groups is 3. The van der Waals surface area contributed by atoms with E-state index in [1.165, 1.54) is 26.7 Å². The monoisotopic (exact) mass is 460 g/mol. The molecule has 4 aliphatic rings. The highest BCUT2D eigenvalue weighted by Crippen LogP contribution is 2.66. The second-order valence-corrected chi connectivity index (χ2v) is 11.3. The number of fused-ring (bicyclic) bond motifs is 5. The molecule has 0 aliphatic heterocycles. The van der Waals surface area contributed by atoms with E-state index in [0.717, 1.165) is 51.4 Å². The Morgan fingerprint density at radius 1 is 1.06 bits per heavy atom. The molecular weight excluding hydrogens is 420 g/mol. The largest absolute Gasteiger partial charge is 0.467 e. The van der Waals surface area contributed by atoms with E-state index in [0.29, 0.717) is 17.8 Å². The highest BCUT2D eigenvalue weighted by atomic mass is 16.6. The first-order chi connectivity index (χ1) is 15.6. The summed E-state index contributed by atoms with van der Waals surface area (Å²) in [7, 11) is 2.79. The van der Waals surface area contributed by atoms with Crippen molar-refractivity contribution < 1.29 is 28.6 Å². The predicted octanol–water partition coefficient (Wildman–Crippen LogP) is 4.64. The molecule has 8 atom stereocenters. The van der Waals surface area contributed by atoms with Crippen molar-refractivity contribution >= 4 is 17.7 Å². The molecule has 0 bridgehead atoms. The Morgan fingerprint density at radius 2 is 1.82 bits per heavy atom. The molecule has 3 fully saturated rings. The van der Waals surface area contributed by atoms with Gasteiger partial charge in [0.2, 0.25) is 0 Å². The SMILES string of the molecule is COC(=O)C(CC(=O)[C@H]1CC[C@H]2[C@@H]3CC=C4C[C@@H](OC(C)=O)CC[C@]4(C)[C@H]3CC[C@]12C)OC. The molecule has 1 unspecified atom stereocenters. The van der Waals surface area contributed by atoms with Crippen LogP contribution < -0.4 is 0 Å². The Hall–Kier alpha value is -1.69. The zero-order valence-corrected chi connectivity index (χ0v) is 20.9. The topological polar surface area (TPSA) is 78.9 Å². The number of carbonyl (C=O) groups excluding carboxylic acids is 3. The van der Waals surface area contributed by atoms with Gasteiger partial charge in [0.15, 0.2) is 6.10 Å². The minimum atomic E-state index is -0.812. The predicted molar refractivity (Wildman–Crippen MR) is 123 cm³/mol. The van der Waals surface area contributed by atoms with Crippen LogP contribution in [-0.4, -0.2) is 44.1 Å². The summed E-state index contributed by atoms with van der Waals surface area (Å²) in [5.41, 5.74) is 1.65. The van der Waals surface area contributed by atoms with E-state index in [2.05, 4.69) is 19.9 Å². The van der Waals surface area contributed by atoms with Crippen molar-refractivity contribution in [3.05, 3.63) is 11.6 Å². The summed E-state index contributed by atoms with van der Waals surface area (Å²) in [4.78, 5) is 36.8. The van der Waals surface area contributed by atoms with Crippen molar-refractivity contribution in [2.45, 2.75) is 90.8 Å². The number of ether oxygens (including phenoxy) is 3. The smallest absolute Gasteiger partial charge is 0.335 e. The number of methoxy groups -OCH3 is 2. The van der Waals surface area contributed by atoms with Gasteiger partial charge in [-0.3, -0.25) is 9.59 Å². The maximum Gasteiger partial charge on any atom is 0.335 e. The van der Waals surface area contributed by atoms with Crippen molar-refractivity contribution in [2.24, 2.45) is 34.5 Å². The fraction of sp³-hybridized carbons (Fsp3) is 0.815. The van der Waals surface area contributed by atoms with Gasteiger partial charge in [-0.15, -0.1) is 0 Å². The molecule has 184 valence electrons. The molecule has 3 saturated carbocycles. The van der Waals surface area contributed by atoms with Gasteiger partial charge in [0, 0.05) is 32.8 Å². The third kappa shape index (κ3) is 4.17. The molecule has 0 spiro atoms. The van der Waals surface area contributed by atoms with Crippen LogP contribution in [0.15, 0.2) is 11.6 Å². The molecule has 4 rings (SSSR count). The lowest BCUT2D eigenvalue weighted by Crippen LogP contribution is -2.51. The van der Waals surface area contributed by atoms with Gasteiger partial charge < -0.3 is 14.2 Å². The molecule has 0 aromatic rings. The van der Waals surface area contributed by atoms with E-state index >= 15 is 0 Å². The van der Waals surface area contributed by atoms with Crippen LogP contribution in [0.2, 0.25) is 0 Å². The van der Waals surface area contributed by atoms with Gasteiger partial charge in [0.05, 0.1) is 7.11 Å². The van der Waals surface area contributed by atoms with Crippen molar-refractivity contribution in [1.29, 1.82) is 0 Å². The average molecular weight is 461 g/mol. The number of rotatable bonds is 6. The molecule has 6 heteroatoms. The van der Waals surface area contributed by atoms with Crippen molar-refractivity contribution in [1.82, 2.24) is 0 Å². The molecule has 0 heterocycles. The van der Waals surface area contributed by atoms with Crippen LogP contribution >= 0.6 is 0 Å². The van der Waals surface area contributed by atoms with E-state index in [4.69, 9.17) is 14.2 Å². The van der Waals surface area contributed by atoms with Gasteiger partial charge in [-0.05, 0) is 73.5 Å². The lowest BCUT2D eigenvalue weighted by molar-refractivity contribution is -0.155. The number of allylic oxidation sites excluding steroid dienone is 1. The van der Waals surface area contributed by atoms with E-state index in [9.17, 15) is 14.4 Å². The summed E-state index contributed by atoms with van der Waals surface area (Å²) in [5.74, 6) is 1.24. The minimum absolute atomic E-state index is 0.0105. The number of hydrogen-bond donors (Lipinski definition) is 0. The van der Waals surface area contributed by atoms with Crippen molar-refractivity contribution in [3.63, 3.8) is 0 Å². The summed E-state index contributed by atoms with van der Waals surface area (Å²) in [6.45, 7) is 6.25. The van der Waals surface area contributed by atoms with E-state index in [1.807, 2.05) is 0 Å². The zero-order valence-electron chi connectivity index (χ0n) is 20.9. The number of ketones is 1. The first-order valence-corrected chi connectivity index (χ1v) is 12.6. The molecule has 0 radical (unpaired) electrons. The maximum atomic E-state index is 13.3. The summed E-state index contributed by atoms with van der Waals surface area (Å²) < 4.78 is 15.6. The second kappa shape index (κ2) is 9.16. The van der Waals surface area contributed by atoms with E-state index < -0.39 is 12.1 Å². The van der Waals surface area contributed by atoms with Crippen LogP contribution in [0.25, 0.3) is 0 Å². The summed E-state index contributed by atoms with van der Waals surface area (Å²) in [6.07, 6.45) is 9.86. The van der Waals surface area contributed by atoms with Gasteiger partial charge in [-0.2, -0.15) is 0 Å². The molecule has 0 aromatic carbocycles. The Bertz CT molecular complexity index is 832. The summed E-state index contributed by atoms with van der Waals surface area (Å²) in [5, 5.41) is 0. The van der Waals surface area contributed by atoms with Crippen molar-refractivity contribution in [3.8, 4) is 0 Å². The lowest BCUT2D eigenvalue weighted by atomic mass is 9.47. The molecule has 0 N–H and O–H groups in total. The quantitative estimate of drug-likeness (QED) is 0.424. The Labute approximate surface area is 197 Å². The van der Waals surface area contributed by atoms with Gasteiger partial charge >= 0.3 is 11.9 Å². The second-order valence-electron chi connectivity index (χ2n) is 11.3. The van der Waals surface area contributed by atoms with Gasteiger partial charge in [0.25, 0.3) is 0 Å². The fourth-order valence-electron chi connectivity index (χ4n) is 8.21. The van der Waals surface area contributed by atoms with Crippen LogP contribution in [0, 0.1) is 34.5 Å². The van der Waals surface area contributed by atoms with E-state index in [1.54, 1.807) is 0 Å². The molecule has 0 amide bonds. The van der Waals surface area contributed by atoms with E-state index in [-0.39, 0.29) is 41.0 Å². The number of esters is 2. The Morgan fingerprint density at radius 3 is 2.48 bits per heavy atom. The van der Waals surface area contributed by atoms with Crippen LogP contribution in [0.4, 0.5) is 0 Å². The van der Waals surface area contributed by atoms with Crippen LogP contribution in [0.1, 0.15) is 78.6 Å². The Kier molecular flexibility index (Phi) is 6.78. The zero-order chi connectivity index (χ0) is 24.0. The third-order valence-corrected chi connectivity index (χ3v) is 9.92. The van der Waals surface area contributed by atoms with Gasteiger partial charge in [-0.1, -0.05) is 25.5 Å². The first kappa shape index (κ1) is 24.4. The molecule has 4 aliphatic carbocycles. The van der Waals surface area contributed by atoms with Crippen LogP contribution in [0.3, 0.4) is 0 Å². The third-order valence-electron chi connectivity index (χ3n) is 9.92. The average Bonchev–Trinajstić information content (AvgIpc) is 3.14. The molecule has 0 aromatic heterocycles. The summed E-state index contributed by atoms with van der Waals surface area (Å²) in [6, 6.07) is 0. The molecular formula is C27H40O6. The summed E-state index contributed by atoms with van der Waals surface area (Å²) >= 11 is 0. The number of Topliss-reactive ketones (excluding diaryl/α,β-unsaturated/α-hetero) is 1. The molecule has 0 saturated heterocycles. The van der Waals surface area contributed by atoms with Gasteiger partial charge in [-0.25, -0.2) is 4.79 Å². The fourth-order valence-corrected chi connectivity index (χ4v) is 8.21. The van der Waals surface area contributed by atoms with Crippen LogP contribution in [-0.2, 0) is 28.6 Å².